The molecule has 1 unspecified atom stereocenters. The molecule has 2 heterocycles. The lowest BCUT2D eigenvalue weighted by molar-refractivity contribution is -0.225. The first-order chi connectivity index (χ1) is 9.85. The number of halogens is 3. The van der Waals surface area contributed by atoms with Gasteiger partial charge in [0, 0.05) is 18.5 Å². The number of carbonyl (C=O) groups is 1. The molecule has 1 N–H and O–H groups in total. The lowest BCUT2D eigenvalue weighted by Gasteiger charge is -2.27. The Morgan fingerprint density at radius 1 is 1.38 bits per heavy atom. The Kier molecular flexibility index (Phi) is 3.09. The summed E-state index contributed by atoms with van der Waals surface area (Å²) in [6.07, 6.45) is -5.22. The SMILES string of the molecule is O=C(O)C1(C(F)(F)F)CCN(c2snc3ccccc23)C1. The van der Waals surface area contributed by atoms with E-state index in [4.69, 9.17) is 5.11 Å². The summed E-state index contributed by atoms with van der Waals surface area (Å²) in [7, 11) is 0. The molecule has 1 atom stereocenters. The summed E-state index contributed by atoms with van der Waals surface area (Å²) in [5, 5.41) is 10.4. The van der Waals surface area contributed by atoms with Crippen LogP contribution in [0.25, 0.3) is 10.9 Å². The minimum absolute atomic E-state index is 0.0536. The number of rotatable bonds is 2. The van der Waals surface area contributed by atoms with E-state index < -0.39 is 30.5 Å². The van der Waals surface area contributed by atoms with Gasteiger partial charge < -0.3 is 10.0 Å². The van der Waals surface area contributed by atoms with Crippen LogP contribution in [0, 0.1) is 5.41 Å². The number of benzene rings is 1. The van der Waals surface area contributed by atoms with Crippen LogP contribution < -0.4 is 4.90 Å². The maximum atomic E-state index is 13.2. The van der Waals surface area contributed by atoms with Gasteiger partial charge in [-0.05, 0) is 30.1 Å². The monoisotopic (exact) mass is 316 g/mol. The largest absolute Gasteiger partial charge is 0.481 e. The zero-order valence-corrected chi connectivity index (χ0v) is 11.5. The Labute approximate surface area is 122 Å². The van der Waals surface area contributed by atoms with Gasteiger partial charge in [0.05, 0.1) is 5.52 Å². The number of hydrogen-bond donors (Lipinski definition) is 1. The van der Waals surface area contributed by atoms with Crippen molar-refractivity contribution >= 4 is 33.4 Å². The molecule has 0 saturated carbocycles. The number of hydrogen-bond acceptors (Lipinski definition) is 4. The third-order valence-electron chi connectivity index (χ3n) is 3.87. The van der Waals surface area contributed by atoms with Gasteiger partial charge in [0.15, 0.2) is 5.41 Å². The van der Waals surface area contributed by atoms with E-state index in [1.807, 2.05) is 0 Å². The summed E-state index contributed by atoms with van der Waals surface area (Å²) in [6, 6.07) is 7.14. The molecule has 2 aromatic rings. The highest BCUT2D eigenvalue weighted by Gasteiger charge is 2.63. The van der Waals surface area contributed by atoms with Crippen molar-refractivity contribution < 1.29 is 23.1 Å². The van der Waals surface area contributed by atoms with E-state index in [1.54, 1.807) is 24.3 Å². The second kappa shape index (κ2) is 4.59. The van der Waals surface area contributed by atoms with E-state index >= 15 is 0 Å². The fraction of sp³-hybridized carbons (Fsp3) is 0.385. The highest BCUT2D eigenvalue weighted by molar-refractivity contribution is 7.11. The number of carboxylic acid groups (broad SMARTS) is 1. The van der Waals surface area contributed by atoms with Crippen LogP contribution in [0.5, 0.6) is 0 Å². The molecule has 1 aromatic carbocycles. The highest BCUT2D eigenvalue weighted by Crippen LogP contribution is 2.48. The van der Waals surface area contributed by atoms with E-state index in [9.17, 15) is 18.0 Å². The van der Waals surface area contributed by atoms with Gasteiger partial charge in [-0.3, -0.25) is 4.79 Å². The first kappa shape index (κ1) is 14.1. The molecule has 1 saturated heterocycles. The Morgan fingerprint density at radius 2 is 2.10 bits per heavy atom. The van der Waals surface area contributed by atoms with Crippen LogP contribution in [0.2, 0.25) is 0 Å². The Hall–Kier alpha value is -1.83. The van der Waals surface area contributed by atoms with Gasteiger partial charge in [0.25, 0.3) is 0 Å². The number of carboxylic acids is 1. The van der Waals surface area contributed by atoms with E-state index in [1.165, 1.54) is 4.90 Å². The fourth-order valence-corrected chi connectivity index (χ4v) is 3.50. The van der Waals surface area contributed by atoms with Crippen LogP contribution in [-0.2, 0) is 4.79 Å². The number of aromatic nitrogens is 1. The van der Waals surface area contributed by atoms with Gasteiger partial charge in [0.2, 0.25) is 0 Å². The lowest BCUT2D eigenvalue weighted by atomic mass is 9.86. The van der Waals surface area contributed by atoms with Crippen molar-refractivity contribution in [3.05, 3.63) is 24.3 Å². The predicted octanol–water partition coefficient (Wildman–Crippen LogP) is 3.14. The Morgan fingerprint density at radius 3 is 2.71 bits per heavy atom. The number of fused-ring (bicyclic) bond motifs is 1. The summed E-state index contributed by atoms with van der Waals surface area (Å²) in [6.45, 7) is -0.518. The summed E-state index contributed by atoms with van der Waals surface area (Å²) in [5.74, 6) is -1.81. The Balaban J connectivity index is 1.98. The van der Waals surface area contributed by atoms with Crippen LogP contribution in [0.15, 0.2) is 24.3 Å². The molecule has 1 aliphatic rings. The van der Waals surface area contributed by atoms with Crippen LogP contribution in [0.1, 0.15) is 6.42 Å². The quantitative estimate of drug-likeness (QED) is 0.925. The van der Waals surface area contributed by atoms with Crippen molar-refractivity contribution in [2.24, 2.45) is 5.41 Å². The van der Waals surface area contributed by atoms with Gasteiger partial charge in [-0.1, -0.05) is 12.1 Å². The number of alkyl halides is 3. The van der Waals surface area contributed by atoms with Crippen LogP contribution >= 0.6 is 11.5 Å². The van der Waals surface area contributed by atoms with E-state index in [2.05, 4.69) is 4.37 Å². The van der Waals surface area contributed by atoms with E-state index in [0.29, 0.717) is 10.5 Å². The molecule has 8 heteroatoms. The van der Waals surface area contributed by atoms with Crippen molar-refractivity contribution in [1.82, 2.24) is 4.37 Å². The minimum atomic E-state index is -4.77. The molecule has 1 fully saturated rings. The van der Waals surface area contributed by atoms with Gasteiger partial charge in [-0.2, -0.15) is 17.5 Å². The Bertz CT molecular complexity index is 700. The van der Waals surface area contributed by atoms with Gasteiger partial charge >= 0.3 is 12.1 Å². The first-order valence-electron chi connectivity index (χ1n) is 6.25. The van der Waals surface area contributed by atoms with Crippen molar-refractivity contribution in [1.29, 1.82) is 0 Å². The number of anilines is 1. The van der Waals surface area contributed by atoms with E-state index in [-0.39, 0.29) is 6.54 Å². The minimum Gasteiger partial charge on any atom is -0.481 e. The molecule has 112 valence electrons. The molecule has 0 bridgehead atoms. The second-order valence-corrected chi connectivity index (χ2v) is 5.81. The third kappa shape index (κ3) is 2.05. The summed E-state index contributed by atoms with van der Waals surface area (Å²) in [4.78, 5) is 12.7. The fourth-order valence-electron chi connectivity index (χ4n) is 2.61. The van der Waals surface area contributed by atoms with Crippen molar-refractivity contribution in [3.8, 4) is 0 Å². The molecular weight excluding hydrogens is 305 g/mol. The first-order valence-corrected chi connectivity index (χ1v) is 7.02. The molecule has 0 aliphatic carbocycles. The summed E-state index contributed by atoms with van der Waals surface area (Å²) in [5.41, 5.74) is -1.99. The van der Waals surface area contributed by atoms with Gasteiger partial charge in [0.1, 0.15) is 5.00 Å². The standard InChI is InChI=1S/C13H11F3N2O2S/c14-13(15,16)12(11(19)20)5-6-18(7-12)10-8-3-1-2-4-9(8)17-21-10/h1-4H,5-7H2,(H,19,20). The summed E-state index contributed by atoms with van der Waals surface area (Å²) >= 11 is 1.10. The molecule has 0 spiro atoms. The smallest absolute Gasteiger partial charge is 0.406 e. The van der Waals surface area contributed by atoms with Crippen LogP contribution in [0.4, 0.5) is 18.2 Å². The predicted molar refractivity (Wildman–Crippen MR) is 72.6 cm³/mol. The molecular formula is C13H11F3N2O2S. The summed E-state index contributed by atoms with van der Waals surface area (Å²) < 4.78 is 43.7. The second-order valence-electron chi connectivity index (χ2n) is 5.06. The van der Waals surface area contributed by atoms with E-state index in [0.717, 1.165) is 16.9 Å². The third-order valence-corrected chi connectivity index (χ3v) is 4.81. The van der Waals surface area contributed by atoms with Gasteiger partial charge in [-0.15, -0.1) is 0 Å². The van der Waals surface area contributed by atoms with Crippen LogP contribution in [-0.4, -0.2) is 34.7 Å². The zero-order valence-electron chi connectivity index (χ0n) is 10.7. The maximum absolute atomic E-state index is 13.2. The highest BCUT2D eigenvalue weighted by atomic mass is 32.1. The molecule has 4 nitrogen and oxygen atoms in total. The topological polar surface area (TPSA) is 53.4 Å². The molecule has 21 heavy (non-hydrogen) atoms. The number of nitrogens with zero attached hydrogens (tertiary/aromatic N) is 2. The molecule has 1 aromatic heterocycles. The van der Waals surface area contributed by atoms with Crippen LogP contribution in [0.3, 0.4) is 0 Å². The molecule has 0 amide bonds. The van der Waals surface area contributed by atoms with Crippen molar-refractivity contribution in [2.45, 2.75) is 12.6 Å². The van der Waals surface area contributed by atoms with Gasteiger partial charge in [-0.25, -0.2) is 0 Å². The number of aliphatic carboxylic acids is 1. The normalized spacial score (nSPS) is 22.9. The lowest BCUT2D eigenvalue weighted by Crippen LogP contribution is -2.47. The average molecular weight is 316 g/mol. The van der Waals surface area contributed by atoms with Crippen molar-refractivity contribution in [3.63, 3.8) is 0 Å². The molecule has 1 aliphatic heterocycles. The molecule has 3 rings (SSSR count). The maximum Gasteiger partial charge on any atom is 0.406 e. The molecule has 0 radical (unpaired) electrons. The zero-order chi connectivity index (χ0) is 15.3. The van der Waals surface area contributed by atoms with Crippen molar-refractivity contribution in [2.75, 3.05) is 18.0 Å². The average Bonchev–Trinajstić information content (AvgIpc) is 3.02.